The number of carbonyl (C=O) groups is 2. The van der Waals surface area contributed by atoms with Crippen LogP contribution in [-0.4, -0.2) is 110 Å². The summed E-state index contributed by atoms with van der Waals surface area (Å²) in [6, 6.07) is 0. The average Bonchev–Trinajstić information content (AvgIpc) is 3.22. The molecular weight excluding hydrogens is 795 g/mol. The van der Waals surface area contributed by atoms with Crippen LogP contribution in [0.15, 0.2) is 72.9 Å². The molecule has 0 aromatic carbocycles. The van der Waals surface area contributed by atoms with Crippen LogP contribution in [0.1, 0.15) is 136 Å². The Hall–Kier alpha value is -2.75. The summed E-state index contributed by atoms with van der Waals surface area (Å²) in [5.41, 5.74) is 0. The van der Waals surface area contributed by atoms with Crippen LogP contribution in [0.25, 0.3) is 0 Å². The van der Waals surface area contributed by atoms with Gasteiger partial charge in [-0.1, -0.05) is 119 Å². The van der Waals surface area contributed by atoms with Gasteiger partial charge < -0.3 is 45.0 Å². The second-order valence-corrected chi connectivity index (χ2v) is 16.4. The first-order valence-electron chi connectivity index (χ1n) is 21.8. The Morgan fingerprint density at radius 1 is 0.617 bits per heavy atom. The van der Waals surface area contributed by atoms with Gasteiger partial charge in [0.25, 0.3) is 0 Å². The molecule has 0 radical (unpaired) electrons. The van der Waals surface area contributed by atoms with Crippen molar-refractivity contribution in [1.82, 2.24) is 0 Å². The van der Waals surface area contributed by atoms with Gasteiger partial charge in [0.05, 0.1) is 12.7 Å². The summed E-state index contributed by atoms with van der Waals surface area (Å²) >= 11 is 0. The van der Waals surface area contributed by atoms with E-state index in [0.29, 0.717) is 25.7 Å². The Balaban J connectivity index is 2.55. The van der Waals surface area contributed by atoms with Gasteiger partial charge in [-0.15, -0.1) is 0 Å². The van der Waals surface area contributed by atoms with E-state index in [2.05, 4.69) is 37.3 Å². The zero-order valence-corrected chi connectivity index (χ0v) is 36.7. The van der Waals surface area contributed by atoms with E-state index in [1.807, 2.05) is 43.4 Å². The molecule has 7 N–H and O–H groups in total. The van der Waals surface area contributed by atoms with Crippen molar-refractivity contribution in [2.24, 2.45) is 0 Å². The first kappa shape index (κ1) is 55.3. The Kier molecular flexibility index (Phi) is 32.0. The molecule has 344 valence electrons. The number of unbranched alkanes of at least 4 members (excludes halogenated alkanes) is 10. The molecule has 1 aliphatic carbocycles. The third kappa shape index (κ3) is 27.2. The quantitative estimate of drug-likeness (QED) is 0.0115. The molecule has 9 atom stereocenters. The van der Waals surface area contributed by atoms with Crippen LogP contribution < -0.4 is 0 Å². The number of aliphatic hydroxyl groups excluding tert-OH is 6. The molecule has 15 heteroatoms. The standard InChI is InChI=1S/C45H75O14P/c1-3-5-7-8-9-10-11-12-13-14-15-18-22-25-29-33-39(48)58-37(35-57-60(54,55)59-45-43(52)41(50)40(49)42(51)44(45)53)34-56-38(47)32-28-24-21-19-16-17-20-23-27-31-36(46)30-26-6-4-2/h6,9-10,12-13,15,18,20,23,26-27,31,36-37,40-46,49-53H,3-5,7-8,11,14,16-17,19,21-22,24-25,28-30,32-35H2,1-2H3,(H,54,55)/b10-9-,13-12-,18-15-,23-20+,26-6+,31-27+/t36?,37-,40?,41-,42+,43-,44-,45?/m1/s1. The van der Waals surface area contributed by atoms with E-state index in [0.717, 1.165) is 64.2 Å². The van der Waals surface area contributed by atoms with E-state index < -0.39 is 81.8 Å². The van der Waals surface area contributed by atoms with Gasteiger partial charge in [-0.2, -0.15) is 0 Å². The lowest BCUT2D eigenvalue weighted by atomic mass is 9.85. The number of allylic oxidation sites excluding steroid dienone is 10. The molecule has 1 rings (SSSR count). The van der Waals surface area contributed by atoms with Crippen molar-refractivity contribution < 1.29 is 68.2 Å². The van der Waals surface area contributed by atoms with Gasteiger partial charge in [-0.3, -0.25) is 18.6 Å². The van der Waals surface area contributed by atoms with Gasteiger partial charge in [-0.25, -0.2) is 4.57 Å². The number of hydrogen-bond donors (Lipinski definition) is 7. The molecule has 0 aromatic heterocycles. The fourth-order valence-corrected chi connectivity index (χ4v) is 7.01. The molecule has 0 spiro atoms. The van der Waals surface area contributed by atoms with Gasteiger partial charge in [-0.05, 0) is 77.0 Å². The molecule has 14 nitrogen and oxygen atoms in total. The van der Waals surface area contributed by atoms with E-state index in [-0.39, 0.29) is 12.8 Å². The fourth-order valence-electron chi connectivity index (χ4n) is 6.03. The van der Waals surface area contributed by atoms with Gasteiger partial charge in [0.15, 0.2) is 6.10 Å². The summed E-state index contributed by atoms with van der Waals surface area (Å²) < 4.78 is 33.4. The average molecular weight is 871 g/mol. The minimum atomic E-state index is -5.15. The summed E-state index contributed by atoms with van der Waals surface area (Å²) in [6.45, 7) is 2.98. The highest BCUT2D eigenvalue weighted by atomic mass is 31.2. The number of phosphoric ester groups is 1. The molecule has 4 unspecified atom stereocenters. The molecule has 0 aromatic rings. The van der Waals surface area contributed by atoms with Crippen LogP contribution in [0, 0.1) is 0 Å². The second-order valence-electron chi connectivity index (χ2n) is 15.0. The van der Waals surface area contributed by atoms with Crippen molar-refractivity contribution in [3.63, 3.8) is 0 Å². The van der Waals surface area contributed by atoms with Crippen LogP contribution in [0.2, 0.25) is 0 Å². The molecule has 0 amide bonds. The van der Waals surface area contributed by atoms with E-state index >= 15 is 0 Å². The number of carbonyl (C=O) groups excluding carboxylic acids is 2. The summed E-state index contributed by atoms with van der Waals surface area (Å²) in [7, 11) is -5.15. The number of ether oxygens (including phenoxy) is 2. The summed E-state index contributed by atoms with van der Waals surface area (Å²) in [6.07, 6.45) is 25.8. The Labute approximate surface area is 358 Å². The van der Waals surface area contributed by atoms with Crippen LogP contribution >= 0.6 is 7.82 Å². The van der Waals surface area contributed by atoms with Crippen molar-refractivity contribution in [2.45, 2.75) is 185 Å². The van der Waals surface area contributed by atoms with Gasteiger partial charge in [0.1, 0.15) is 43.2 Å². The monoisotopic (exact) mass is 870 g/mol. The predicted octanol–water partition coefficient (Wildman–Crippen LogP) is 6.91. The number of aliphatic hydroxyl groups is 6. The van der Waals surface area contributed by atoms with E-state index in [9.17, 15) is 49.7 Å². The predicted molar refractivity (Wildman–Crippen MR) is 231 cm³/mol. The number of esters is 2. The zero-order valence-electron chi connectivity index (χ0n) is 35.8. The lowest BCUT2D eigenvalue weighted by Crippen LogP contribution is -2.64. The van der Waals surface area contributed by atoms with Crippen LogP contribution in [-0.2, 0) is 32.7 Å². The maximum Gasteiger partial charge on any atom is 0.472 e. The Morgan fingerprint density at radius 3 is 1.80 bits per heavy atom. The number of phosphoric acid groups is 1. The van der Waals surface area contributed by atoms with Crippen molar-refractivity contribution in [3.05, 3.63) is 72.9 Å². The molecule has 0 saturated heterocycles. The van der Waals surface area contributed by atoms with E-state index in [1.54, 1.807) is 6.08 Å². The second kappa shape index (κ2) is 34.8. The SMILES string of the molecule is CC/C=C/CC(O)/C=C/C=C/CCCCCCCC(=O)OC[C@H](COP(=O)(O)OC1[C@H](O)[C@H](O)C(O)[C@H](O)[C@H]1O)OC(=O)CCCC/C=C\C/C=C\C/C=C\CCCCC. The van der Waals surface area contributed by atoms with Gasteiger partial charge >= 0.3 is 19.8 Å². The van der Waals surface area contributed by atoms with E-state index in [1.165, 1.54) is 19.3 Å². The summed E-state index contributed by atoms with van der Waals surface area (Å²) in [5.74, 6) is -1.21. The topological polar surface area (TPSA) is 230 Å². The maximum atomic E-state index is 12.8. The third-order valence-electron chi connectivity index (χ3n) is 9.61. The summed E-state index contributed by atoms with van der Waals surface area (Å²) in [4.78, 5) is 35.6. The lowest BCUT2D eigenvalue weighted by Gasteiger charge is -2.41. The Morgan fingerprint density at radius 2 is 1.15 bits per heavy atom. The Bertz CT molecular complexity index is 1340. The normalized spacial score (nSPS) is 23.4. The smallest absolute Gasteiger partial charge is 0.462 e. The molecule has 0 aliphatic heterocycles. The van der Waals surface area contributed by atoms with Gasteiger partial charge in [0, 0.05) is 12.8 Å². The largest absolute Gasteiger partial charge is 0.472 e. The lowest BCUT2D eigenvalue weighted by molar-refractivity contribution is -0.220. The zero-order chi connectivity index (χ0) is 44.4. The molecule has 0 bridgehead atoms. The third-order valence-corrected chi connectivity index (χ3v) is 10.6. The van der Waals surface area contributed by atoms with Crippen molar-refractivity contribution in [3.8, 4) is 0 Å². The van der Waals surface area contributed by atoms with Crippen LogP contribution in [0.4, 0.5) is 0 Å². The highest BCUT2D eigenvalue weighted by Crippen LogP contribution is 2.47. The van der Waals surface area contributed by atoms with Crippen LogP contribution in [0.3, 0.4) is 0 Å². The van der Waals surface area contributed by atoms with Crippen molar-refractivity contribution in [1.29, 1.82) is 0 Å². The first-order valence-corrected chi connectivity index (χ1v) is 23.3. The molecule has 1 fully saturated rings. The molecule has 1 aliphatic rings. The number of hydrogen-bond acceptors (Lipinski definition) is 13. The first-order chi connectivity index (χ1) is 28.8. The minimum absolute atomic E-state index is 0.0290. The maximum absolute atomic E-state index is 12.8. The highest BCUT2D eigenvalue weighted by molar-refractivity contribution is 7.47. The van der Waals surface area contributed by atoms with Crippen molar-refractivity contribution >= 4 is 19.8 Å². The van der Waals surface area contributed by atoms with Crippen LogP contribution in [0.5, 0.6) is 0 Å². The molecule has 0 heterocycles. The highest BCUT2D eigenvalue weighted by Gasteiger charge is 2.51. The molecule has 60 heavy (non-hydrogen) atoms. The minimum Gasteiger partial charge on any atom is -0.462 e. The van der Waals surface area contributed by atoms with Gasteiger partial charge in [0.2, 0.25) is 0 Å². The molecular formula is C45H75O14P. The fraction of sp³-hybridized carbons (Fsp3) is 0.689. The molecule has 1 saturated carbocycles. The summed E-state index contributed by atoms with van der Waals surface area (Å²) in [5, 5.41) is 59.9. The number of rotatable bonds is 34. The van der Waals surface area contributed by atoms with Crippen molar-refractivity contribution in [2.75, 3.05) is 13.2 Å². The van der Waals surface area contributed by atoms with E-state index in [4.69, 9.17) is 18.5 Å².